The van der Waals surface area contributed by atoms with Gasteiger partial charge >= 0.3 is 0 Å². The molecule has 168 valence electrons. The zero-order valence-corrected chi connectivity index (χ0v) is 18.7. The topological polar surface area (TPSA) is 63.5 Å². The first kappa shape index (κ1) is 22.0. The molecule has 0 saturated carbocycles. The van der Waals surface area contributed by atoms with Crippen molar-refractivity contribution < 1.29 is 13.9 Å². The van der Waals surface area contributed by atoms with Gasteiger partial charge in [0.05, 0.1) is 11.8 Å². The maximum Gasteiger partial charge on any atom is 0.293 e. The molecule has 32 heavy (non-hydrogen) atoms. The lowest BCUT2D eigenvalue weighted by atomic mass is 10.1. The molecular formula is C24H28FN5O2. The van der Waals surface area contributed by atoms with Gasteiger partial charge in [-0.15, -0.1) is 5.10 Å². The molecule has 1 aliphatic rings. The Balaban J connectivity index is 1.58. The van der Waals surface area contributed by atoms with Gasteiger partial charge in [0.2, 0.25) is 5.82 Å². The Labute approximate surface area is 187 Å². The van der Waals surface area contributed by atoms with E-state index in [9.17, 15) is 9.18 Å². The van der Waals surface area contributed by atoms with E-state index >= 15 is 0 Å². The molecule has 1 atom stereocenters. The molecule has 0 spiro atoms. The lowest BCUT2D eigenvalue weighted by molar-refractivity contribution is 0.0498. The predicted octanol–water partition coefficient (Wildman–Crippen LogP) is 3.60. The second kappa shape index (κ2) is 9.48. The number of amides is 1. The summed E-state index contributed by atoms with van der Waals surface area (Å²) in [6.07, 6.45) is 1.95. The molecule has 0 N–H and O–H groups in total. The molecule has 2 heterocycles. The molecule has 3 aromatic rings. The number of halogens is 1. The third kappa shape index (κ3) is 4.96. The van der Waals surface area contributed by atoms with Crippen LogP contribution in [0.2, 0.25) is 0 Å². The smallest absolute Gasteiger partial charge is 0.293 e. The number of rotatable bonds is 7. The molecule has 2 aromatic carbocycles. The van der Waals surface area contributed by atoms with Crippen LogP contribution in [0.3, 0.4) is 0 Å². The van der Waals surface area contributed by atoms with Crippen LogP contribution in [-0.4, -0.2) is 58.9 Å². The number of carbonyl (C=O) groups is 1. The van der Waals surface area contributed by atoms with E-state index in [-0.39, 0.29) is 23.7 Å². The molecule has 1 unspecified atom stereocenters. The summed E-state index contributed by atoms with van der Waals surface area (Å²) in [5.74, 6) is 0.106. The standard InChI is InChI=1S/C24H28FN5O2/c1-17-26-23(27-30(17)21-12-8-19(25)9-13-21)24(31)29(16-22-5-4-14-32-22)15-18-6-10-20(11-7-18)28(2)3/h6-13,22H,4-5,14-16H2,1-3H3. The number of ether oxygens (including phenoxy) is 1. The van der Waals surface area contributed by atoms with Gasteiger partial charge in [0.1, 0.15) is 11.6 Å². The lowest BCUT2D eigenvalue weighted by Crippen LogP contribution is -2.37. The van der Waals surface area contributed by atoms with E-state index in [1.807, 2.05) is 43.3 Å². The molecule has 1 saturated heterocycles. The van der Waals surface area contributed by atoms with Gasteiger partial charge in [-0.1, -0.05) is 12.1 Å². The van der Waals surface area contributed by atoms with Crippen LogP contribution in [0.4, 0.5) is 10.1 Å². The summed E-state index contributed by atoms with van der Waals surface area (Å²) in [5, 5.41) is 4.43. The molecule has 7 nitrogen and oxygen atoms in total. The minimum absolute atomic E-state index is 0.0141. The van der Waals surface area contributed by atoms with E-state index in [1.165, 1.54) is 12.1 Å². The van der Waals surface area contributed by atoms with Crippen LogP contribution in [0, 0.1) is 12.7 Å². The van der Waals surface area contributed by atoms with Crippen molar-refractivity contribution in [2.45, 2.75) is 32.4 Å². The van der Waals surface area contributed by atoms with Crippen LogP contribution in [0.1, 0.15) is 34.8 Å². The summed E-state index contributed by atoms with van der Waals surface area (Å²) < 4.78 is 20.6. The van der Waals surface area contributed by atoms with Gasteiger partial charge in [0.25, 0.3) is 5.91 Å². The highest BCUT2D eigenvalue weighted by Crippen LogP contribution is 2.19. The molecule has 1 aliphatic heterocycles. The van der Waals surface area contributed by atoms with Crippen molar-refractivity contribution >= 4 is 11.6 Å². The first-order valence-electron chi connectivity index (χ1n) is 10.8. The van der Waals surface area contributed by atoms with Gasteiger partial charge in [-0.25, -0.2) is 14.1 Å². The number of aromatic nitrogens is 3. The maximum absolute atomic E-state index is 13.4. The molecule has 1 aromatic heterocycles. The fraction of sp³-hybridized carbons (Fsp3) is 0.375. The zero-order valence-electron chi connectivity index (χ0n) is 18.7. The number of hydrogen-bond donors (Lipinski definition) is 0. The summed E-state index contributed by atoms with van der Waals surface area (Å²) in [7, 11) is 3.99. The molecule has 4 rings (SSSR count). The van der Waals surface area contributed by atoms with Crippen LogP contribution >= 0.6 is 0 Å². The number of hydrogen-bond acceptors (Lipinski definition) is 5. The highest BCUT2D eigenvalue weighted by atomic mass is 19.1. The molecular weight excluding hydrogens is 409 g/mol. The highest BCUT2D eigenvalue weighted by molar-refractivity contribution is 5.90. The van der Waals surface area contributed by atoms with Gasteiger partial charge < -0.3 is 14.5 Å². The average Bonchev–Trinajstić information content (AvgIpc) is 3.43. The summed E-state index contributed by atoms with van der Waals surface area (Å²) in [6.45, 7) is 3.42. The molecule has 1 amide bonds. The van der Waals surface area contributed by atoms with E-state index in [0.717, 1.165) is 30.7 Å². The van der Waals surface area contributed by atoms with Crippen LogP contribution in [0.5, 0.6) is 0 Å². The summed E-state index contributed by atoms with van der Waals surface area (Å²) >= 11 is 0. The Morgan fingerprint density at radius 3 is 2.50 bits per heavy atom. The predicted molar refractivity (Wildman–Crippen MR) is 121 cm³/mol. The van der Waals surface area contributed by atoms with Gasteiger partial charge in [-0.3, -0.25) is 4.79 Å². The van der Waals surface area contributed by atoms with Crippen molar-refractivity contribution in [1.82, 2.24) is 19.7 Å². The molecule has 8 heteroatoms. The highest BCUT2D eigenvalue weighted by Gasteiger charge is 2.26. The van der Waals surface area contributed by atoms with Crippen LogP contribution in [0.15, 0.2) is 48.5 Å². The third-order valence-corrected chi connectivity index (χ3v) is 5.59. The van der Waals surface area contributed by atoms with Crippen molar-refractivity contribution in [3.63, 3.8) is 0 Å². The third-order valence-electron chi connectivity index (χ3n) is 5.59. The lowest BCUT2D eigenvalue weighted by Gasteiger charge is -2.25. The number of benzene rings is 2. The van der Waals surface area contributed by atoms with Gasteiger partial charge in [0, 0.05) is 39.5 Å². The number of anilines is 1. The summed E-state index contributed by atoms with van der Waals surface area (Å²) in [5.41, 5.74) is 2.78. The number of aryl methyl sites for hydroxylation is 1. The van der Waals surface area contributed by atoms with Gasteiger partial charge in [-0.2, -0.15) is 0 Å². The van der Waals surface area contributed by atoms with Crippen molar-refractivity contribution in [2.75, 3.05) is 32.1 Å². The Hall–Kier alpha value is -3.26. The van der Waals surface area contributed by atoms with Crippen LogP contribution in [-0.2, 0) is 11.3 Å². The fourth-order valence-corrected chi connectivity index (χ4v) is 3.82. The van der Waals surface area contributed by atoms with Crippen molar-refractivity contribution in [3.05, 3.63) is 71.6 Å². The van der Waals surface area contributed by atoms with Gasteiger partial charge in [-0.05, 0) is 61.7 Å². The van der Waals surface area contributed by atoms with E-state index in [0.29, 0.717) is 24.6 Å². The SMILES string of the molecule is Cc1nc(C(=O)N(Cc2ccc(N(C)C)cc2)CC2CCCO2)nn1-c1ccc(F)cc1. The molecule has 0 aliphatic carbocycles. The largest absolute Gasteiger partial charge is 0.378 e. The minimum Gasteiger partial charge on any atom is -0.378 e. The monoisotopic (exact) mass is 437 g/mol. The molecule has 1 fully saturated rings. The summed E-state index contributed by atoms with van der Waals surface area (Å²) in [4.78, 5) is 21.6. The van der Waals surface area contributed by atoms with Crippen LogP contribution in [0.25, 0.3) is 5.69 Å². The van der Waals surface area contributed by atoms with E-state index in [1.54, 1.807) is 28.6 Å². The Bertz CT molecular complexity index is 1060. The van der Waals surface area contributed by atoms with E-state index < -0.39 is 0 Å². The van der Waals surface area contributed by atoms with Crippen molar-refractivity contribution in [1.29, 1.82) is 0 Å². The second-order valence-corrected chi connectivity index (χ2v) is 8.25. The summed E-state index contributed by atoms with van der Waals surface area (Å²) in [6, 6.07) is 14.1. The van der Waals surface area contributed by atoms with E-state index in [2.05, 4.69) is 10.1 Å². The molecule has 0 radical (unpaired) electrons. The maximum atomic E-state index is 13.4. The van der Waals surface area contributed by atoms with Gasteiger partial charge in [0.15, 0.2) is 0 Å². The number of nitrogens with zero attached hydrogens (tertiary/aromatic N) is 5. The Kier molecular flexibility index (Phi) is 6.50. The first-order chi connectivity index (χ1) is 15.4. The fourth-order valence-electron chi connectivity index (χ4n) is 3.82. The van der Waals surface area contributed by atoms with E-state index in [4.69, 9.17) is 4.74 Å². The average molecular weight is 438 g/mol. The Morgan fingerprint density at radius 1 is 1.16 bits per heavy atom. The zero-order chi connectivity index (χ0) is 22.7. The number of carbonyl (C=O) groups excluding carboxylic acids is 1. The first-order valence-corrected chi connectivity index (χ1v) is 10.8. The second-order valence-electron chi connectivity index (χ2n) is 8.25. The van der Waals surface area contributed by atoms with Crippen molar-refractivity contribution in [3.8, 4) is 5.69 Å². The molecule has 0 bridgehead atoms. The van der Waals surface area contributed by atoms with Crippen LogP contribution < -0.4 is 4.90 Å². The van der Waals surface area contributed by atoms with Crippen molar-refractivity contribution in [2.24, 2.45) is 0 Å². The normalized spacial score (nSPS) is 15.7. The quantitative estimate of drug-likeness (QED) is 0.565. The Morgan fingerprint density at radius 2 is 1.88 bits per heavy atom. The minimum atomic E-state index is -0.328.